The van der Waals surface area contributed by atoms with Crippen LogP contribution >= 0.6 is 0 Å². The summed E-state index contributed by atoms with van der Waals surface area (Å²) in [7, 11) is 1.81. The van der Waals surface area contributed by atoms with Crippen LogP contribution < -0.4 is 5.32 Å². The molecule has 1 amide bonds. The van der Waals surface area contributed by atoms with Gasteiger partial charge in [-0.3, -0.25) is 4.79 Å². The van der Waals surface area contributed by atoms with Crippen LogP contribution in [0.5, 0.6) is 0 Å². The maximum absolute atomic E-state index is 11.6. The molecule has 13 heavy (non-hydrogen) atoms. The molecule has 4 nitrogen and oxygen atoms in total. The zero-order valence-electron chi connectivity index (χ0n) is 8.29. The quantitative estimate of drug-likeness (QED) is 0.618. The largest absolute Gasteiger partial charge is 0.396 e. The second kappa shape index (κ2) is 4.58. The Labute approximate surface area is 78.9 Å². The SMILES string of the molecule is CNC1CCN(CC(C)CO)C1=O. The topological polar surface area (TPSA) is 52.6 Å². The molecule has 0 aliphatic carbocycles. The van der Waals surface area contributed by atoms with Crippen LogP contribution in [0.15, 0.2) is 0 Å². The first-order chi connectivity index (χ1) is 6.19. The number of aliphatic hydroxyl groups is 1. The fourth-order valence-corrected chi connectivity index (χ4v) is 1.62. The third kappa shape index (κ3) is 2.42. The Morgan fingerprint density at radius 2 is 2.46 bits per heavy atom. The van der Waals surface area contributed by atoms with E-state index in [1.54, 1.807) is 0 Å². The van der Waals surface area contributed by atoms with Gasteiger partial charge in [-0.2, -0.15) is 0 Å². The average molecular weight is 186 g/mol. The van der Waals surface area contributed by atoms with Crippen LogP contribution in [0.25, 0.3) is 0 Å². The first-order valence-electron chi connectivity index (χ1n) is 4.76. The summed E-state index contributed by atoms with van der Waals surface area (Å²) in [6, 6.07) is -0.00843. The fourth-order valence-electron chi connectivity index (χ4n) is 1.62. The minimum absolute atomic E-state index is 0.00843. The minimum Gasteiger partial charge on any atom is -0.396 e. The van der Waals surface area contributed by atoms with Crippen molar-refractivity contribution in [3.63, 3.8) is 0 Å². The lowest BCUT2D eigenvalue weighted by Crippen LogP contribution is -2.38. The summed E-state index contributed by atoms with van der Waals surface area (Å²) in [6.45, 7) is 3.58. The molecular formula is C9H18N2O2. The van der Waals surface area contributed by atoms with E-state index in [9.17, 15) is 4.79 Å². The summed E-state index contributed by atoms with van der Waals surface area (Å²) in [5.41, 5.74) is 0. The molecule has 2 atom stereocenters. The molecule has 2 N–H and O–H groups in total. The van der Waals surface area contributed by atoms with Crippen LogP contribution in [0.1, 0.15) is 13.3 Å². The van der Waals surface area contributed by atoms with Crippen molar-refractivity contribution >= 4 is 5.91 Å². The maximum atomic E-state index is 11.6. The number of amides is 1. The lowest BCUT2D eigenvalue weighted by atomic mass is 10.2. The van der Waals surface area contributed by atoms with Crippen molar-refractivity contribution < 1.29 is 9.90 Å². The molecule has 0 bridgehead atoms. The van der Waals surface area contributed by atoms with E-state index in [1.165, 1.54) is 0 Å². The van der Waals surface area contributed by atoms with Gasteiger partial charge in [-0.05, 0) is 19.4 Å². The summed E-state index contributed by atoms with van der Waals surface area (Å²) in [5, 5.41) is 11.8. The molecule has 1 fully saturated rings. The van der Waals surface area contributed by atoms with E-state index < -0.39 is 0 Å². The zero-order valence-corrected chi connectivity index (χ0v) is 8.29. The first kappa shape index (κ1) is 10.5. The van der Waals surface area contributed by atoms with Crippen molar-refractivity contribution in [1.29, 1.82) is 0 Å². The molecule has 0 spiro atoms. The van der Waals surface area contributed by atoms with E-state index in [2.05, 4.69) is 5.32 Å². The van der Waals surface area contributed by atoms with Gasteiger partial charge in [0.05, 0.1) is 6.04 Å². The lowest BCUT2D eigenvalue weighted by molar-refractivity contribution is -0.129. The lowest BCUT2D eigenvalue weighted by Gasteiger charge is -2.19. The van der Waals surface area contributed by atoms with Gasteiger partial charge in [0.15, 0.2) is 0 Å². The fraction of sp³-hybridized carbons (Fsp3) is 0.889. The molecule has 0 saturated carbocycles. The Bertz CT molecular complexity index is 184. The van der Waals surface area contributed by atoms with Gasteiger partial charge in [-0.25, -0.2) is 0 Å². The number of hydrogen-bond donors (Lipinski definition) is 2. The van der Waals surface area contributed by atoms with Gasteiger partial charge >= 0.3 is 0 Å². The number of carbonyl (C=O) groups is 1. The smallest absolute Gasteiger partial charge is 0.239 e. The molecule has 1 saturated heterocycles. The summed E-state index contributed by atoms with van der Waals surface area (Å²) >= 11 is 0. The number of nitrogens with one attached hydrogen (secondary N) is 1. The van der Waals surface area contributed by atoms with Crippen LogP contribution in [-0.4, -0.2) is 48.7 Å². The standard InChI is InChI=1S/C9H18N2O2/c1-7(6-12)5-11-4-3-8(10-2)9(11)13/h7-8,10,12H,3-6H2,1-2H3. The van der Waals surface area contributed by atoms with E-state index in [1.807, 2.05) is 18.9 Å². The maximum Gasteiger partial charge on any atom is 0.239 e. The monoisotopic (exact) mass is 186 g/mol. The molecule has 0 aromatic carbocycles. The Kier molecular flexibility index (Phi) is 3.69. The number of hydrogen-bond acceptors (Lipinski definition) is 3. The predicted molar refractivity (Wildman–Crippen MR) is 50.3 cm³/mol. The average Bonchev–Trinajstić information content (AvgIpc) is 2.48. The zero-order chi connectivity index (χ0) is 9.84. The van der Waals surface area contributed by atoms with Crippen molar-refractivity contribution in [2.24, 2.45) is 5.92 Å². The highest BCUT2D eigenvalue weighted by molar-refractivity contribution is 5.83. The van der Waals surface area contributed by atoms with E-state index in [4.69, 9.17) is 5.11 Å². The second-order valence-electron chi connectivity index (χ2n) is 3.70. The van der Waals surface area contributed by atoms with Gasteiger partial charge in [0.2, 0.25) is 5.91 Å². The van der Waals surface area contributed by atoms with Crippen molar-refractivity contribution in [2.75, 3.05) is 26.7 Å². The summed E-state index contributed by atoms with van der Waals surface area (Å²) < 4.78 is 0. The highest BCUT2D eigenvalue weighted by Gasteiger charge is 2.30. The molecule has 1 aliphatic rings. The van der Waals surface area contributed by atoms with Gasteiger partial charge in [0.25, 0.3) is 0 Å². The van der Waals surface area contributed by atoms with E-state index in [0.29, 0.717) is 6.54 Å². The number of nitrogens with zero attached hydrogens (tertiary/aromatic N) is 1. The Morgan fingerprint density at radius 1 is 1.77 bits per heavy atom. The number of carbonyl (C=O) groups excluding carboxylic acids is 1. The number of likely N-dealkylation sites (tertiary alicyclic amines) is 1. The third-order valence-electron chi connectivity index (χ3n) is 2.49. The molecule has 2 unspecified atom stereocenters. The Balaban J connectivity index is 2.41. The minimum atomic E-state index is -0.00843. The molecule has 1 rings (SSSR count). The van der Waals surface area contributed by atoms with Gasteiger partial charge in [-0.15, -0.1) is 0 Å². The number of likely N-dealkylation sites (N-methyl/N-ethyl adjacent to an activating group) is 1. The molecule has 0 aromatic heterocycles. The Hall–Kier alpha value is -0.610. The molecule has 4 heteroatoms. The van der Waals surface area contributed by atoms with Crippen LogP contribution in [0.4, 0.5) is 0 Å². The molecule has 0 aromatic rings. The van der Waals surface area contributed by atoms with Crippen LogP contribution in [0.3, 0.4) is 0 Å². The third-order valence-corrected chi connectivity index (χ3v) is 2.49. The second-order valence-corrected chi connectivity index (χ2v) is 3.70. The van der Waals surface area contributed by atoms with Crippen molar-refractivity contribution in [1.82, 2.24) is 10.2 Å². The first-order valence-corrected chi connectivity index (χ1v) is 4.76. The molecular weight excluding hydrogens is 168 g/mol. The number of aliphatic hydroxyl groups excluding tert-OH is 1. The van der Waals surface area contributed by atoms with E-state index in [0.717, 1.165) is 13.0 Å². The number of rotatable bonds is 4. The van der Waals surface area contributed by atoms with Gasteiger partial charge in [-0.1, -0.05) is 6.92 Å². The van der Waals surface area contributed by atoms with Crippen LogP contribution in [0.2, 0.25) is 0 Å². The summed E-state index contributed by atoms with van der Waals surface area (Å²) in [6.07, 6.45) is 0.882. The van der Waals surface area contributed by atoms with E-state index >= 15 is 0 Å². The predicted octanol–water partition coefficient (Wildman–Crippen LogP) is -0.565. The summed E-state index contributed by atoms with van der Waals surface area (Å²) in [5.74, 6) is 0.349. The van der Waals surface area contributed by atoms with Crippen molar-refractivity contribution in [2.45, 2.75) is 19.4 Å². The summed E-state index contributed by atoms with van der Waals surface area (Å²) in [4.78, 5) is 13.4. The van der Waals surface area contributed by atoms with Crippen molar-refractivity contribution in [3.05, 3.63) is 0 Å². The van der Waals surface area contributed by atoms with Crippen LogP contribution in [-0.2, 0) is 4.79 Å². The van der Waals surface area contributed by atoms with Gasteiger partial charge in [0, 0.05) is 19.7 Å². The molecule has 1 aliphatic heterocycles. The van der Waals surface area contributed by atoms with E-state index in [-0.39, 0.29) is 24.5 Å². The van der Waals surface area contributed by atoms with Crippen LogP contribution in [0, 0.1) is 5.92 Å². The highest BCUT2D eigenvalue weighted by Crippen LogP contribution is 2.12. The van der Waals surface area contributed by atoms with Gasteiger partial charge in [0.1, 0.15) is 0 Å². The van der Waals surface area contributed by atoms with Crippen molar-refractivity contribution in [3.8, 4) is 0 Å². The Morgan fingerprint density at radius 3 is 2.92 bits per heavy atom. The molecule has 0 radical (unpaired) electrons. The molecule has 76 valence electrons. The highest BCUT2D eigenvalue weighted by atomic mass is 16.3. The normalized spacial score (nSPS) is 25.3. The van der Waals surface area contributed by atoms with Gasteiger partial charge < -0.3 is 15.3 Å². The molecule has 1 heterocycles.